The second-order valence-corrected chi connectivity index (χ2v) is 10.0. The molecule has 8 nitrogen and oxygen atoms in total. The van der Waals surface area contributed by atoms with Crippen LogP contribution in [0.3, 0.4) is 0 Å². The zero-order chi connectivity index (χ0) is 22.7. The summed E-state index contributed by atoms with van der Waals surface area (Å²) in [4.78, 5) is 41.2. The van der Waals surface area contributed by atoms with Gasteiger partial charge in [0.1, 0.15) is 11.6 Å². The number of amides is 3. The summed E-state index contributed by atoms with van der Waals surface area (Å²) in [5, 5.41) is 15.4. The van der Waals surface area contributed by atoms with E-state index in [4.69, 9.17) is 4.74 Å². The Labute approximate surface area is 189 Å². The molecule has 0 aliphatic carbocycles. The largest absolute Gasteiger partial charge is 0.394 e. The Morgan fingerprint density at radius 2 is 2.06 bits per heavy atom. The molecular weight excluding hydrogens is 466 g/mol. The van der Waals surface area contributed by atoms with E-state index in [1.165, 1.54) is 11.9 Å². The molecule has 0 aromatic heterocycles. The number of rotatable bonds is 5. The van der Waals surface area contributed by atoms with Crippen molar-refractivity contribution in [2.45, 2.75) is 55.8 Å². The number of nitrogens with zero attached hydrogens (tertiary/aromatic N) is 1. The first-order valence-electron chi connectivity index (χ1n) is 10.5. The SMILES string of the molecule is CNC(=O)[C@H]1[C@@H]2OC3(CC2Br)C(C(=O)Nc2cc(C)ccc2C)N([C@H](C)CO)C(=O)[C@H]13. The first kappa shape index (κ1) is 22.2. The van der Waals surface area contributed by atoms with Crippen LogP contribution >= 0.6 is 15.9 Å². The van der Waals surface area contributed by atoms with Crippen molar-refractivity contribution >= 4 is 39.3 Å². The minimum absolute atomic E-state index is 0.153. The molecule has 9 heteroatoms. The zero-order valence-corrected chi connectivity index (χ0v) is 19.6. The number of carbonyl (C=O) groups excluding carboxylic acids is 3. The number of nitrogens with one attached hydrogen (secondary N) is 2. The van der Waals surface area contributed by atoms with Crippen molar-refractivity contribution in [3.8, 4) is 0 Å². The fraction of sp³-hybridized carbons (Fsp3) is 0.591. The minimum atomic E-state index is -1.13. The molecule has 3 amide bonds. The molecule has 1 spiro atoms. The van der Waals surface area contributed by atoms with Crippen LogP contribution in [-0.2, 0) is 19.1 Å². The molecule has 4 rings (SSSR count). The average molecular weight is 494 g/mol. The van der Waals surface area contributed by atoms with Crippen LogP contribution in [0, 0.1) is 25.7 Å². The second-order valence-electron chi connectivity index (χ2n) is 8.86. The molecule has 3 heterocycles. The third-order valence-electron chi connectivity index (χ3n) is 6.91. The number of carbonyl (C=O) groups is 3. The summed E-state index contributed by atoms with van der Waals surface area (Å²) in [6, 6.07) is 4.22. The lowest BCUT2D eigenvalue weighted by Crippen LogP contribution is -2.56. The monoisotopic (exact) mass is 493 g/mol. The molecule has 3 unspecified atom stereocenters. The summed E-state index contributed by atoms with van der Waals surface area (Å²) in [6.45, 7) is 5.24. The molecule has 168 valence electrons. The highest BCUT2D eigenvalue weighted by Gasteiger charge is 2.76. The molecular formula is C22H28BrN3O5. The van der Waals surface area contributed by atoms with E-state index in [-0.39, 0.29) is 29.2 Å². The number of aryl methyl sites for hydroxylation is 2. The van der Waals surface area contributed by atoms with Gasteiger partial charge in [0.2, 0.25) is 17.7 Å². The van der Waals surface area contributed by atoms with E-state index in [2.05, 4.69) is 26.6 Å². The number of hydrogen-bond acceptors (Lipinski definition) is 5. The maximum atomic E-state index is 13.7. The van der Waals surface area contributed by atoms with Crippen LogP contribution < -0.4 is 10.6 Å². The zero-order valence-electron chi connectivity index (χ0n) is 18.0. The van der Waals surface area contributed by atoms with Gasteiger partial charge >= 0.3 is 0 Å². The van der Waals surface area contributed by atoms with Gasteiger partial charge in [-0.1, -0.05) is 28.1 Å². The molecule has 3 fully saturated rings. The molecule has 3 N–H and O–H groups in total. The van der Waals surface area contributed by atoms with E-state index in [1.807, 2.05) is 32.0 Å². The highest BCUT2D eigenvalue weighted by molar-refractivity contribution is 9.09. The maximum absolute atomic E-state index is 13.7. The molecule has 3 aliphatic heterocycles. The van der Waals surface area contributed by atoms with Crippen molar-refractivity contribution in [2.24, 2.45) is 11.8 Å². The van der Waals surface area contributed by atoms with E-state index in [0.717, 1.165) is 11.1 Å². The summed E-state index contributed by atoms with van der Waals surface area (Å²) in [5.41, 5.74) is 1.44. The molecule has 31 heavy (non-hydrogen) atoms. The van der Waals surface area contributed by atoms with Gasteiger partial charge in [-0.2, -0.15) is 0 Å². The topological polar surface area (TPSA) is 108 Å². The Bertz CT molecular complexity index is 940. The molecule has 2 bridgehead atoms. The number of halogens is 1. The van der Waals surface area contributed by atoms with Crippen LogP contribution in [0.2, 0.25) is 0 Å². The van der Waals surface area contributed by atoms with Crippen molar-refractivity contribution in [1.29, 1.82) is 0 Å². The number of fused-ring (bicyclic) bond motifs is 1. The Morgan fingerprint density at radius 1 is 1.35 bits per heavy atom. The normalized spacial score (nSPS) is 34.6. The van der Waals surface area contributed by atoms with E-state index in [0.29, 0.717) is 12.1 Å². The Balaban J connectivity index is 1.77. The van der Waals surface area contributed by atoms with Crippen molar-refractivity contribution < 1.29 is 24.2 Å². The van der Waals surface area contributed by atoms with Gasteiger partial charge in [-0.15, -0.1) is 0 Å². The van der Waals surface area contributed by atoms with Crippen molar-refractivity contribution in [1.82, 2.24) is 10.2 Å². The Morgan fingerprint density at radius 3 is 2.71 bits per heavy atom. The maximum Gasteiger partial charge on any atom is 0.250 e. The number of alkyl halides is 1. The summed E-state index contributed by atoms with van der Waals surface area (Å²) < 4.78 is 6.34. The van der Waals surface area contributed by atoms with E-state index in [9.17, 15) is 19.5 Å². The number of ether oxygens (including phenoxy) is 1. The highest BCUT2D eigenvalue weighted by Crippen LogP contribution is 2.60. The lowest BCUT2D eigenvalue weighted by atomic mass is 9.70. The predicted molar refractivity (Wildman–Crippen MR) is 118 cm³/mol. The number of hydrogen-bond donors (Lipinski definition) is 3. The standard InChI is InChI=1S/C22H28BrN3O5/c1-10-5-6-11(2)14(7-10)25-20(29)18-22-8-13(23)17(31-22)15(19(28)24-4)16(22)21(30)26(18)12(3)9-27/h5-7,12-13,15-18,27H,8-9H2,1-4H3,(H,24,28)(H,25,29)/t12-,13?,15-,16+,17-,18?,22?/m1/s1. The fourth-order valence-corrected chi connectivity index (χ4v) is 6.41. The number of anilines is 1. The summed E-state index contributed by atoms with van der Waals surface area (Å²) in [5.74, 6) is -2.43. The lowest BCUT2D eigenvalue weighted by molar-refractivity contribution is -0.143. The van der Waals surface area contributed by atoms with Crippen LogP contribution in [0.5, 0.6) is 0 Å². The van der Waals surface area contributed by atoms with Gasteiger partial charge in [0.05, 0.1) is 30.6 Å². The average Bonchev–Trinajstić information content (AvgIpc) is 3.33. The molecule has 3 aliphatic rings. The van der Waals surface area contributed by atoms with Gasteiger partial charge in [0.15, 0.2) is 0 Å². The van der Waals surface area contributed by atoms with Crippen molar-refractivity contribution in [3.05, 3.63) is 29.3 Å². The Kier molecular flexibility index (Phi) is 5.64. The van der Waals surface area contributed by atoms with Crippen LogP contribution in [0.1, 0.15) is 24.5 Å². The lowest BCUT2D eigenvalue weighted by Gasteiger charge is -2.35. The quantitative estimate of drug-likeness (QED) is 0.532. The summed E-state index contributed by atoms with van der Waals surface area (Å²) in [7, 11) is 1.53. The van der Waals surface area contributed by atoms with Crippen LogP contribution in [-0.4, -0.2) is 70.0 Å². The molecule has 1 aromatic rings. The fourth-order valence-electron chi connectivity index (χ4n) is 5.47. The smallest absolute Gasteiger partial charge is 0.250 e. The van der Waals surface area contributed by atoms with Crippen LogP contribution in [0.15, 0.2) is 18.2 Å². The van der Waals surface area contributed by atoms with Crippen LogP contribution in [0.4, 0.5) is 5.69 Å². The first-order valence-corrected chi connectivity index (χ1v) is 11.4. The van der Waals surface area contributed by atoms with Crippen molar-refractivity contribution in [2.75, 3.05) is 19.0 Å². The first-order chi connectivity index (χ1) is 14.7. The summed E-state index contributed by atoms with van der Waals surface area (Å²) >= 11 is 3.61. The highest BCUT2D eigenvalue weighted by atomic mass is 79.9. The van der Waals surface area contributed by atoms with E-state index < -0.39 is 35.6 Å². The number of aliphatic hydroxyl groups excluding tert-OH is 1. The van der Waals surface area contributed by atoms with E-state index >= 15 is 0 Å². The predicted octanol–water partition coefficient (Wildman–Crippen LogP) is 1.12. The molecule has 0 radical (unpaired) electrons. The minimum Gasteiger partial charge on any atom is -0.394 e. The second kappa shape index (κ2) is 7.86. The number of benzene rings is 1. The van der Waals surface area contributed by atoms with Crippen molar-refractivity contribution in [3.63, 3.8) is 0 Å². The molecule has 0 saturated carbocycles. The molecule has 1 aromatic carbocycles. The number of aliphatic hydroxyl groups is 1. The third-order valence-corrected chi connectivity index (χ3v) is 7.76. The van der Waals surface area contributed by atoms with Gasteiger partial charge in [-0.05, 0) is 44.4 Å². The van der Waals surface area contributed by atoms with Gasteiger partial charge in [-0.3, -0.25) is 14.4 Å². The molecule has 7 atom stereocenters. The third kappa shape index (κ3) is 3.20. The van der Waals surface area contributed by atoms with Gasteiger partial charge in [-0.25, -0.2) is 0 Å². The van der Waals surface area contributed by atoms with E-state index in [1.54, 1.807) is 6.92 Å². The van der Waals surface area contributed by atoms with Gasteiger partial charge < -0.3 is 25.4 Å². The molecule has 3 saturated heterocycles. The summed E-state index contributed by atoms with van der Waals surface area (Å²) in [6.07, 6.45) is -0.0577. The van der Waals surface area contributed by atoms with Crippen LogP contribution in [0.25, 0.3) is 0 Å². The Hall–Kier alpha value is -1.97. The van der Waals surface area contributed by atoms with Gasteiger partial charge in [0.25, 0.3) is 0 Å². The number of likely N-dealkylation sites (tertiary alicyclic amines) is 1. The van der Waals surface area contributed by atoms with Gasteiger partial charge in [0, 0.05) is 17.6 Å².